The number of rotatable bonds is 5. The number of carbonyl (C=O) groups is 2. The summed E-state index contributed by atoms with van der Waals surface area (Å²) in [7, 11) is 0. The maximum atomic E-state index is 14.2. The van der Waals surface area contributed by atoms with E-state index in [2.05, 4.69) is 17.0 Å². The molecule has 1 fully saturated rings. The molecule has 0 radical (unpaired) electrons. The van der Waals surface area contributed by atoms with E-state index in [1.165, 1.54) is 22.7 Å². The van der Waals surface area contributed by atoms with Crippen LogP contribution >= 0.6 is 11.8 Å². The van der Waals surface area contributed by atoms with Gasteiger partial charge in [0.1, 0.15) is 17.7 Å². The van der Waals surface area contributed by atoms with Crippen molar-refractivity contribution >= 4 is 46.0 Å². The summed E-state index contributed by atoms with van der Waals surface area (Å²) in [5.41, 5.74) is 3.13. The Bertz CT molecular complexity index is 1440. The number of amides is 2. The normalized spacial score (nSPS) is 18.6. The van der Waals surface area contributed by atoms with E-state index in [4.69, 9.17) is 9.98 Å². The van der Waals surface area contributed by atoms with Gasteiger partial charge in [0.05, 0.1) is 12.1 Å². The maximum Gasteiger partial charge on any atom is 0.259 e. The van der Waals surface area contributed by atoms with Crippen LogP contribution < -0.4 is 4.90 Å². The number of fused-ring (bicyclic) bond motifs is 3. The molecule has 0 N–H and O–H groups in total. The smallest absolute Gasteiger partial charge is 0.259 e. The van der Waals surface area contributed by atoms with Crippen LogP contribution in [0.1, 0.15) is 17.5 Å². The Labute approximate surface area is 224 Å². The van der Waals surface area contributed by atoms with Gasteiger partial charge in [0.2, 0.25) is 5.91 Å². The Hall–Kier alpha value is -3.98. The quantitative estimate of drug-likeness (QED) is 0.492. The van der Waals surface area contributed by atoms with Gasteiger partial charge in [-0.25, -0.2) is 14.3 Å². The number of hydrogen-bond donors (Lipinski definition) is 0. The van der Waals surface area contributed by atoms with Crippen LogP contribution in [0, 0.1) is 5.82 Å². The standard InChI is InChI=1S/C29H26FN5O2S/c30-23-12-6-4-8-20(23)19-38-29-32-24-13-7-5-11-22(24)27-31-25(28(37)35(27)29)18-26(36)34-16-14-33(15-17-34)21-9-2-1-3-10-21/h1-13,25H,14-19H2/t25-/m0/s1. The van der Waals surface area contributed by atoms with Crippen molar-refractivity contribution in [3.05, 3.63) is 95.8 Å². The molecule has 0 saturated carbocycles. The molecule has 3 aromatic carbocycles. The Balaban J connectivity index is 1.17. The van der Waals surface area contributed by atoms with Crippen LogP contribution in [0.3, 0.4) is 0 Å². The van der Waals surface area contributed by atoms with Crippen LogP contribution in [0.15, 0.2) is 88.8 Å². The highest BCUT2D eigenvalue weighted by atomic mass is 32.2. The third-order valence-electron chi connectivity index (χ3n) is 6.98. The number of nitrogens with zero attached hydrogens (tertiary/aromatic N) is 5. The summed E-state index contributed by atoms with van der Waals surface area (Å²) in [4.78, 5) is 41.8. The molecule has 6 rings (SSSR count). The largest absolute Gasteiger partial charge is 0.368 e. The van der Waals surface area contributed by atoms with E-state index in [-0.39, 0.29) is 24.1 Å². The highest BCUT2D eigenvalue weighted by molar-refractivity contribution is 8.13. The van der Waals surface area contributed by atoms with Crippen molar-refractivity contribution in [1.82, 2.24) is 9.80 Å². The second-order valence-electron chi connectivity index (χ2n) is 9.34. The van der Waals surface area contributed by atoms with Gasteiger partial charge in [0.15, 0.2) is 5.17 Å². The molecular weight excluding hydrogens is 501 g/mol. The van der Waals surface area contributed by atoms with Gasteiger partial charge in [0.25, 0.3) is 5.91 Å². The van der Waals surface area contributed by atoms with Crippen LogP contribution in [0.4, 0.5) is 15.8 Å². The fourth-order valence-electron chi connectivity index (χ4n) is 4.94. The van der Waals surface area contributed by atoms with Gasteiger partial charge in [-0.15, -0.1) is 0 Å². The van der Waals surface area contributed by atoms with Crippen LogP contribution in [0.5, 0.6) is 0 Å². The van der Waals surface area contributed by atoms with E-state index >= 15 is 0 Å². The molecule has 0 unspecified atom stereocenters. The summed E-state index contributed by atoms with van der Waals surface area (Å²) < 4.78 is 14.2. The molecule has 38 heavy (non-hydrogen) atoms. The predicted molar refractivity (Wildman–Crippen MR) is 148 cm³/mol. The molecule has 3 aliphatic heterocycles. The van der Waals surface area contributed by atoms with Crippen LogP contribution in [0.2, 0.25) is 0 Å². The average molecular weight is 528 g/mol. The van der Waals surface area contributed by atoms with Gasteiger partial charge in [-0.05, 0) is 35.9 Å². The minimum absolute atomic E-state index is 0.0115. The van der Waals surface area contributed by atoms with E-state index in [0.717, 1.165) is 24.3 Å². The molecule has 3 heterocycles. The fourth-order valence-corrected chi connectivity index (χ4v) is 5.92. The molecule has 7 nitrogen and oxygen atoms in total. The first-order valence-electron chi connectivity index (χ1n) is 12.6. The zero-order chi connectivity index (χ0) is 26.1. The summed E-state index contributed by atoms with van der Waals surface area (Å²) in [6.07, 6.45) is 0.0115. The van der Waals surface area contributed by atoms with E-state index in [9.17, 15) is 14.0 Å². The Morgan fingerprint density at radius 3 is 2.42 bits per heavy atom. The topological polar surface area (TPSA) is 68.6 Å². The molecular formula is C29H26FN5O2S. The third kappa shape index (κ3) is 4.69. The summed E-state index contributed by atoms with van der Waals surface area (Å²) in [5.74, 6) is 0.175. The SMILES string of the molecule is O=C(C[C@@H]1N=C2c3ccccc3N=C(SCc3ccccc3F)N2C1=O)N1CCN(c2ccccc2)CC1. The van der Waals surface area contributed by atoms with Crippen molar-refractivity contribution in [2.45, 2.75) is 18.2 Å². The zero-order valence-corrected chi connectivity index (χ0v) is 21.5. The molecule has 3 aliphatic rings. The number of halogens is 1. The first-order chi connectivity index (χ1) is 18.6. The van der Waals surface area contributed by atoms with Crippen molar-refractivity contribution in [1.29, 1.82) is 0 Å². The minimum atomic E-state index is -0.810. The molecule has 0 aromatic heterocycles. The number of para-hydroxylation sites is 2. The lowest BCUT2D eigenvalue weighted by molar-refractivity contribution is -0.135. The summed E-state index contributed by atoms with van der Waals surface area (Å²) >= 11 is 1.29. The van der Waals surface area contributed by atoms with Crippen molar-refractivity contribution in [2.24, 2.45) is 9.98 Å². The molecule has 0 bridgehead atoms. The first kappa shape index (κ1) is 24.4. The van der Waals surface area contributed by atoms with Gasteiger partial charge in [-0.2, -0.15) is 0 Å². The molecule has 3 aromatic rings. The predicted octanol–water partition coefficient (Wildman–Crippen LogP) is 4.46. The molecule has 0 spiro atoms. The zero-order valence-electron chi connectivity index (χ0n) is 20.7. The summed E-state index contributed by atoms with van der Waals surface area (Å²) in [5, 5.41) is 0.446. The van der Waals surface area contributed by atoms with Gasteiger partial charge in [-0.1, -0.05) is 60.3 Å². The van der Waals surface area contributed by atoms with Crippen LogP contribution in [-0.4, -0.2) is 64.8 Å². The molecule has 9 heteroatoms. The lowest BCUT2D eigenvalue weighted by Gasteiger charge is -2.36. The number of hydrogen-bond acceptors (Lipinski definition) is 6. The summed E-state index contributed by atoms with van der Waals surface area (Å²) in [6, 6.07) is 23.4. The van der Waals surface area contributed by atoms with Gasteiger partial charge in [-0.3, -0.25) is 14.6 Å². The number of thioether (sulfide) groups is 1. The minimum Gasteiger partial charge on any atom is -0.368 e. The number of anilines is 1. The highest BCUT2D eigenvalue weighted by Crippen LogP contribution is 2.35. The summed E-state index contributed by atoms with van der Waals surface area (Å²) in [6.45, 7) is 2.68. The number of amidine groups is 2. The number of piperazine rings is 1. The third-order valence-corrected chi connectivity index (χ3v) is 7.97. The second kappa shape index (κ2) is 10.4. The van der Waals surface area contributed by atoms with Crippen molar-refractivity contribution in [3.8, 4) is 0 Å². The number of carbonyl (C=O) groups excluding carboxylic acids is 2. The molecule has 1 saturated heterocycles. The van der Waals surface area contributed by atoms with Crippen molar-refractivity contribution in [3.63, 3.8) is 0 Å². The van der Waals surface area contributed by atoms with Crippen LogP contribution in [0.25, 0.3) is 0 Å². The lowest BCUT2D eigenvalue weighted by Crippen LogP contribution is -2.49. The first-order valence-corrected chi connectivity index (χ1v) is 13.6. The van der Waals surface area contributed by atoms with Crippen LogP contribution in [-0.2, 0) is 15.3 Å². The fraction of sp³-hybridized carbons (Fsp3) is 0.241. The van der Waals surface area contributed by atoms with E-state index in [1.54, 1.807) is 18.2 Å². The van der Waals surface area contributed by atoms with E-state index in [1.807, 2.05) is 47.4 Å². The lowest BCUT2D eigenvalue weighted by atomic mass is 10.1. The molecule has 0 aliphatic carbocycles. The number of benzene rings is 3. The monoisotopic (exact) mass is 527 g/mol. The maximum absolute atomic E-state index is 14.2. The van der Waals surface area contributed by atoms with Gasteiger partial charge < -0.3 is 9.80 Å². The average Bonchev–Trinajstić information content (AvgIpc) is 3.29. The Morgan fingerprint density at radius 1 is 0.921 bits per heavy atom. The molecule has 192 valence electrons. The Kier molecular flexibility index (Phi) is 6.68. The highest BCUT2D eigenvalue weighted by Gasteiger charge is 2.42. The second-order valence-corrected chi connectivity index (χ2v) is 10.3. The van der Waals surface area contributed by atoms with Gasteiger partial charge >= 0.3 is 0 Å². The number of aliphatic imine (C=N–C) groups is 2. The van der Waals surface area contributed by atoms with E-state index < -0.39 is 6.04 Å². The Morgan fingerprint density at radius 2 is 1.63 bits per heavy atom. The van der Waals surface area contributed by atoms with Gasteiger partial charge in [0, 0.05) is 43.2 Å². The van der Waals surface area contributed by atoms with E-state index in [0.29, 0.717) is 41.1 Å². The molecule has 1 atom stereocenters. The van der Waals surface area contributed by atoms with Crippen molar-refractivity contribution < 1.29 is 14.0 Å². The molecule has 2 amide bonds. The van der Waals surface area contributed by atoms with Crippen molar-refractivity contribution in [2.75, 3.05) is 31.1 Å².